The molecule has 5 atom stereocenters. The molecule has 0 spiro atoms. The van der Waals surface area contributed by atoms with Crippen molar-refractivity contribution < 1.29 is 34.2 Å². The number of rotatable bonds is 16. The molecule has 1 aromatic carbocycles. The second-order valence-electron chi connectivity index (χ2n) is 8.27. The van der Waals surface area contributed by atoms with Crippen LogP contribution in [-0.4, -0.2) is 82.1 Å². The van der Waals surface area contributed by atoms with Gasteiger partial charge in [-0.05, 0) is 37.3 Å². The van der Waals surface area contributed by atoms with Gasteiger partial charge in [-0.25, -0.2) is 4.79 Å². The lowest BCUT2D eigenvalue weighted by Crippen LogP contribution is -2.58. The highest BCUT2D eigenvalue weighted by Gasteiger charge is 2.32. The second kappa shape index (κ2) is 15.8. The number of hydrogen-bond donors (Lipinski definition) is 7. The van der Waals surface area contributed by atoms with Crippen LogP contribution in [0.15, 0.2) is 30.3 Å². The number of thioether (sulfide) groups is 1. The third-order valence-corrected chi connectivity index (χ3v) is 5.89. The first-order chi connectivity index (χ1) is 17.0. The minimum absolute atomic E-state index is 0.00694. The highest BCUT2D eigenvalue weighted by Crippen LogP contribution is 2.08. The minimum atomic E-state index is -1.58. The van der Waals surface area contributed by atoms with Crippen LogP contribution < -0.4 is 27.4 Å². The molecule has 0 aliphatic heterocycles. The van der Waals surface area contributed by atoms with Gasteiger partial charge in [-0.2, -0.15) is 11.8 Å². The molecular weight excluding hydrogens is 490 g/mol. The number of aliphatic hydroxyl groups excluding tert-OH is 1. The fourth-order valence-corrected chi connectivity index (χ4v) is 3.66. The number of carboxylic acids is 1. The van der Waals surface area contributed by atoms with E-state index >= 15 is 0 Å². The zero-order valence-electron chi connectivity index (χ0n) is 20.3. The number of carbonyl (C=O) groups is 5. The lowest BCUT2D eigenvalue weighted by molar-refractivity contribution is -0.145. The van der Waals surface area contributed by atoms with Gasteiger partial charge in [-0.3, -0.25) is 19.2 Å². The molecule has 0 bridgehead atoms. The molecule has 0 aliphatic rings. The van der Waals surface area contributed by atoms with Gasteiger partial charge in [0.15, 0.2) is 6.04 Å². The van der Waals surface area contributed by atoms with E-state index in [0.717, 1.165) is 0 Å². The molecule has 12 nitrogen and oxygen atoms in total. The summed E-state index contributed by atoms with van der Waals surface area (Å²) < 4.78 is 0. The van der Waals surface area contributed by atoms with Crippen LogP contribution in [-0.2, 0) is 30.4 Å². The molecule has 5 unspecified atom stereocenters. The summed E-state index contributed by atoms with van der Waals surface area (Å²) in [6.45, 7) is 1.22. The SMILES string of the molecule is CSCCC(NC(=O)C(N)CCC(N)=O)C(=O)NC(Cc1ccccc1)C(=O)NC(C(=O)O)C(C)O. The second-order valence-corrected chi connectivity index (χ2v) is 9.26. The van der Waals surface area contributed by atoms with Crippen LogP contribution in [0.1, 0.15) is 31.7 Å². The molecule has 0 fully saturated rings. The number of carboxylic acid groups (broad SMARTS) is 1. The molecule has 0 radical (unpaired) electrons. The van der Waals surface area contributed by atoms with E-state index in [1.165, 1.54) is 18.7 Å². The van der Waals surface area contributed by atoms with Crippen LogP contribution in [0.25, 0.3) is 0 Å². The van der Waals surface area contributed by atoms with E-state index in [0.29, 0.717) is 11.3 Å². The van der Waals surface area contributed by atoms with Crippen LogP contribution in [0.4, 0.5) is 0 Å². The molecule has 9 N–H and O–H groups in total. The van der Waals surface area contributed by atoms with Crippen molar-refractivity contribution in [3.8, 4) is 0 Å². The first kappa shape index (κ1) is 30.9. The quantitative estimate of drug-likeness (QED) is 0.133. The Kier molecular flexibility index (Phi) is 13.5. The first-order valence-electron chi connectivity index (χ1n) is 11.3. The van der Waals surface area contributed by atoms with Crippen LogP contribution in [0, 0.1) is 0 Å². The molecule has 200 valence electrons. The Morgan fingerprint density at radius 1 is 0.944 bits per heavy atom. The van der Waals surface area contributed by atoms with Crippen molar-refractivity contribution in [2.75, 3.05) is 12.0 Å². The van der Waals surface area contributed by atoms with E-state index < -0.39 is 59.9 Å². The summed E-state index contributed by atoms with van der Waals surface area (Å²) in [7, 11) is 0. The van der Waals surface area contributed by atoms with Crippen LogP contribution in [0.5, 0.6) is 0 Å². The topological polar surface area (TPSA) is 214 Å². The maximum Gasteiger partial charge on any atom is 0.328 e. The number of hydrogen-bond acceptors (Lipinski definition) is 8. The number of benzene rings is 1. The van der Waals surface area contributed by atoms with E-state index in [1.807, 2.05) is 6.26 Å². The minimum Gasteiger partial charge on any atom is -0.480 e. The lowest BCUT2D eigenvalue weighted by atomic mass is 10.0. The van der Waals surface area contributed by atoms with E-state index in [9.17, 15) is 34.2 Å². The maximum atomic E-state index is 13.1. The molecule has 0 saturated heterocycles. The normalized spacial score (nSPS) is 15.0. The molecule has 0 aromatic heterocycles. The summed E-state index contributed by atoms with van der Waals surface area (Å²) in [5.41, 5.74) is 11.6. The van der Waals surface area contributed by atoms with E-state index in [-0.39, 0.29) is 25.7 Å². The van der Waals surface area contributed by atoms with Gasteiger partial charge in [0.05, 0.1) is 12.1 Å². The van der Waals surface area contributed by atoms with Crippen molar-refractivity contribution in [3.63, 3.8) is 0 Å². The van der Waals surface area contributed by atoms with Crippen LogP contribution in [0.2, 0.25) is 0 Å². The number of aliphatic hydroxyl groups is 1. The number of nitrogens with one attached hydrogen (secondary N) is 3. The zero-order chi connectivity index (χ0) is 27.3. The molecule has 0 heterocycles. The average molecular weight is 526 g/mol. The fraction of sp³-hybridized carbons (Fsp3) is 0.522. The number of amides is 4. The molecule has 36 heavy (non-hydrogen) atoms. The van der Waals surface area contributed by atoms with Gasteiger partial charge < -0.3 is 37.6 Å². The Bertz CT molecular complexity index is 900. The van der Waals surface area contributed by atoms with E-state index in [4.69, 9.17) is 11.5 Å². The summed E-state index contributed by atoms with van der Waals surface area (Å²) in [6, 6.07) is 3.87. The lowest BCUT2D eigenvalue weighted by Gasteiger charge is -2.26. The van der Waals surface area contributed by atoms with Crippen molar-refractivity contribution in [1.82, 2.24) is 16.0 Å². The predicted octanol–water partition coefficient (Wildman–Crippen LogP) is -1.51. The molecule has 0 aliphatic carbocycles. The third kappa shape index (κ3) is 11.1. The molecule has 1 aromatic rings. The number of nitrogens with two attached hydrogens (primary N) is 2. The van der Waals surface area contributed by atoms with E-state index in [1.54, 1.807) is 30.3 Å². The Hall–Kier alpha value is -3.16. The first-order valence-corrected chi connectivity index (χ1v) is 12.7. The Morgan fingerprint density at radius 2 is 1.53 bits per heavy atom. The monoisotopic (exact) mass is 525 g/mol. The summed E-state index contributed by atoms with van der Waals surface area (Å²) in [4.78, 5) is 61.0. The number of aliphatic carboxylic acids is 1. The molecule has 4 amide bonds. The van der Waals surface area contributed by atoms with Crippen molar-refractivity contribution in [1.29, 1.82) is 0 Å². The van der Waals surface area contributed by atoms with Crippen molar-refractivity contribution in [2.24, 2.45) is 11.5 Å². The van der Waals surface area contributed by atoms with Gasteiger partial charge in [0, 0.05) is 12.8 Å². The van der Waals surface area contributed by atoms with Crippen molar-refractivity contribution >= 4 is 41.4 Å². The number of primary amides is 1. The Labute approximate surface area is 213 Å². The van der Waals surface area contributed by atoms with Gasteiger partial charge in [0.2, 0.25) is 23.6 Å². The van der Waals surface area contributed by atoms with Gasteiger partial charge in [-0.15, -0.1) is 0 Å². The molecule has 13 heteroatoms. The Morgan fingerprint density at radius 3 is 2.06 bits per heavy atom. The van der Waals surface area contributed by atoms with Gasteiger partial charge in [0.25, 0.3) is 0 Å². The largest absolute Gasteiger partial charge is 0.480 e. The molecule has 0 saturated carbocycles. The smallest absolute Gasteiger partial charge is 0.328 e. The average Bonchev–Trinajstić information content (AvgIpc) is 2.82. The molecular formula is C23H35N5O7S. The van der Waals surface area contributed by atoms with Gasteiger partial charge >= 0.3 is 5.97 Å². The van der Waals surface area contributed by atoms with Crippen molar-refractivity contribution in [2.45, 2.75) is 62.9 Å². The van der Waals surface area contributed by atoms with Crippen molar-refractivity contribution in [3.05, 3.63) is 35.9 Å². The summed E-state index contributed by atoms with van der Waals surface area (Å²) >= 11 is 1.44. The van der Waals surface area contributed by atoms with E-state index in [2.05, 4.69) is 16.0 Å². The van der Waals surface area contributed by atoms with Gasteiger partial charge in [-0.1, -0.05) is 30.3 Å². The number of carbonyl (C=O) groups excluding carboxylic acids is 4. The van der Waals surface area contributed by atoms with Crippen LogP contribution in [0.3, 0.4) is 0 Å². The standard InChI is InChI=1S/C23H35N5O7S/c1-13(29)19(23(34)35)28-22(33)17(12-14-6-4-3-5-7-14)27-21(32)16(10-11-36-2)26-20(31)15(24)8-9-18(25)30/h3-7,13,15-17,19,29H,8-12,24H2,1-2H3,(H2,25,30)(H,26,31)(H,27,32)(H,28,33)(H,34,35). The fourth-order valence-electron chi connectivity index (χ4n) is 3.19. The highest BCUT2D eigenvalue weighted by atomic mass is 32.2. The summed E-state index contributed by atoms with van der Waals surface area (Å²) in [6.07, 6.45) is 0.618. The summed E-state index contributed by atoms with van der Waals surface area (Å²) in [5, 5.41) is 26.4. The van der Waals surface area contributed by atoms with Crippen LogP contribution >= 0.6 is 11.8 Å². The molecule has 1 rings (SSSR count). The maximum absolute atomic E-state index is 13.1. The highest BCUT2D eigenvalue weighted by molar-refractivity contribution is 7.98. The third-order valence-electron chi connectivity index (χ3n) is 5.24. The Balaban J connectivity index is 3.07. The zero-order valence-corrected chi connectivity index (χ0v) is 21.1. The van der Waals surface area contributed by atoms with Gasteiger partial charge in [0.1, 0.15) is 12.1 Å². The predicted molar refractivity (Wildman–Crippen MR) is 135 cm³/mol. The summed E-state index contributed by atoms with van der Waals surface area (Å²) in [5.74, 6) is -3.66.